The highest BCUT2D eigenvalue weighted by Crippen LogP contribution is 2.31. The number of aromatic nitrogens is 1. The molecule has 0 bridgehead atoms. The lowest BCUT2D eigenvalue weighted by atomic mass is 9.97. The van der Waals surface area contributed by atoms with Gasteiger partial charge >= 0.3 is 5.97 Å². The van der Waals surface area contributed by atoms with E-state index in [2.05, 4.69) is 0 Å². The van der Waals surface area contributed by atoms with Crippen molar-refractivity contribution >= 4 is 5.97 Å². The van der Waals surface area contributed by atoms with Gasteiger partial charge in [-0.1, -0.05) is 0 Å². The number of fused-ring (bicyclic) bond motifs is 1. The maximum atomic E-state index is 14.1. The Morgan fingerprint density at radius 2 is 1.74 bits per heavy atom. The molecule has 4 nitrogen and oxygen atoms in total. The Balaban J connectivity index is 2.43. The molecular weight excluding hydrogens is 304 g/mol. The summed E-state index contributed by atoms with van der Waals surface area (Å²) in [5.41, 5.74) is 0.0793. The highest BCUT2D eigenvalue weighted by molar-refractivity contribution is 5.97. The number of carboxylic acid groups (broad SMARTS) is 1. The molecule has 0 fully saturated rings. The maximum Gasteiger partial charge on any atom is 0.338 e. The summed E-state index contributed by atoms with van der Waals surface area (Å²) in [6.07, 6.45) is 1.40. The van der Waals surface area contributed by atoms with Crippen molar-refractivity contribution in [3.8, 4) is 16.8 Å². The quantitative estimate of drug-likeness (QED) is 0.790. The molecule has 1 aromatic carbocycles. The molecule has 0 aromatic heterocycles. The van der Waals surface area contributed by atoms with Gasteiger partial charge in [0, 0.05) is 34.8 Å². The van der Waals surface area contributed by atoms with Crippen LogP contribution >= 0.6 is 0 Å². The van der Waals surface area contributed by atoms with Crippen LogP contribution in [0.15, 0.2) is 47.4 Å². The first-order valence-corrected chi connectivity index (χ1v) is 6.73. The summed E-state index contributed by atoms with van der Waals surface area (Å²) < 4.78 is 28.6. The van der Waals surface area contributed by atoms with Gasteiger partial charge in [-0.3, -0.25) is 4.79 Å². The molecule has 0 unspecified atom stereocenters. The molecule has 0 amide bonds. The zero-order valence-corrected chi connectivity index (χ0v) is 12.0. The minimum absolute atomic E-state index is 0.0110. The molecule has 0 radical (unpaired) electrons. The number of carboxylic acids is 1. The van der Waals surface area contributed by atoms with Gasteiger partial charge in [-0.15, -0.1) is 0 Å². The number of halogens is 2. The number of pyridine rings is 1. The van der Waals surface area contributed by atoms with E-state index in [0.717, 1.165) is 12.1 Å². The summed E-state index contributed by atoms with van der Waals surface area (Å²) >= 11 is 0. The third kappa shape index (κ3) is 2.48. The average Bonchev–Trinajstić information content (AvgIpc) is 2.47. The van der Waals surface area contributed by atoms with Crippen molar-refractivity contribution in [2.24, 2.45) is 0 Å². The first-order chi connectivity index (χ1) is 10.9. The summed E-state index contributed by atoms with van der Waals surface area (Å²) in [6, 6.07) is 7.27. The fourth-order valence-electron chi connectivity index (χ4n) is 2.61. The molecule has 1 heterocycles. The van der Waals surface area contributed by atoms with E-state index < -0.39 is 23.0 Å². The van der Waals surface area contributed by atoms with Crippen LogP contribution in [0.4, 0.5) is 8.78 Å². The zero-order chi connectivity index (χ0) is 16.7. The Morgan fingerprint density at radius 3 is 2.35 bits per heavy atom. The molecule has 116 valence electrons. The molecule has 2 aliphatic rings. The van der Waals surface area contributed by atoms with Crippen molar-refractivity contribution in [3.05, 3.63) is 75.7 Å². The number of carbonyl (C=O) groups is 1. The van der Waals surface area contributed by atoms with Crippen LogP contribution in [0.1, 0.15) is 16.1 Å². The van der Waals surface area contributed by atoms with Crippen molar-refractivity contribution in [1.82, 2.24) is 4.57 Å². The number of hydrogen-bond acceptors (Lipinski definition) is 2. The first-order valence-electron chi connectivity index (χ1n) is 6.73. The SMILES string of the molecule is Cc1c(C(=O)O)c2cc(=O)cc(F)c-2cn1-c1ccc(F)cc1. The predicted molar refractivity (Wildman–Crippen MR) is 80.3 cm³/mol. The Labute approximate surface area is 129 Å². The van der Waals surface area contributed by atoms with E-state index in [1.807, 2.05) is 0 Å². The second-order valence-corrected chi connectivity index (χ2v) is 5.11. The molecule has 1 N–H and O–H groups in total. The molecule has 3 rings (SSSR count). The topological polar surface area (TPSA) is 59.3 Å². The molecule has 23 heavy (non-hydrogen) atoms. The number of rotatable bonds is 2. The highest BCUT2D eigenvalue weighted by Gasteiger charge is 2.23. The zero-order valence-electron chi connectivity index (χ0n) is 12.0. The van der Waals surface area contributed by atoms with Gasteiger partial charge in [0.05, 0.1) is 5.56 Å². The van der Waals surface area contributed by atoms with Gasteiger partial charge in [0.15, 0.2) is 5.43 Å². The van der Waals surface area contributed by atoms with E-state index in [4.69, 9.17) is 0 Å². The first kappa shape index (κ1) is 14.9. The van der Waals surface area contributed by atoms with E-state index in [1.165, 1.54) is 35.0 Å². The second kappa shape index (κ2) is 5.31. The van der Waals surface area contributed by atoms with E-state index in [-0.39, 0.29) is 16.7 Å². The molecule has 6 heteroatoms. The van der Waals surface area contributed by atoms with Crippen molar-refractivity contribution < 1.29 is 18.7 Å². The molecule has 1 aliphatic heterocycles. The average molecular weight is 315 g/mol. The number of aromatic carboxylic acids is 1. The molecule has 0 atom stereocenters. The minimum Gasteiger partial charge on any atom is -0.478 e. The van der Waals surface area contributed by atoms with Crippen molar-refractivity contribution in [3.63, 3.8) is 0 Å². The predicted octanol–water partition coefficient (Wildman–Crippen LogP) is 3.23. The van der Waals surface area contributed by atoms with Gasteiger partial charge in [0.1, 0.15) is 11.6 Å². The van der Waals surface area contributed by atoms with Crippen LogP contribution in [-0.4, -0.2) is 15.6 Å². The van der Waals surface area contributed by atoms with Crippen LogP contribution in [-0.2, 0) is 0 Å². The smallest absolute Gasteiger partial charge is 0.338 e. The molecule has 1 aromatic rings. The molecular formula is C17H11F2NO3. The molecule has 0 saturated heterocycles. The second-order valence-electron chi connectivity index (χ2n) is 5.11. The Morgan fingerprint density at radius 1 is 1.09 bits per heavy atom. The lowest BCUT2D eigenvalue weighted by Crippen LogP contribution is -2.15. The van der Waals surface area contributed by atoms with Crippen LogP contribution in [0.2, 0.25) is 0 Å². The van der Waals surface area contributed by atoms with E-state index in [1.54, 1.807) is 6.92 Å². The summed E-state index contributed by atoms with van der Waals surface area (Å²) in [5.74, 6) is -2.51. The third-order valence-corrected chi connectivity index (χ3v) is 3.67. The number of nitrogens with zero attached hydrogens (tertiary/aromatic N) is 1. The van der Waals surface area contributed by atoms with Gasteiger partial charge in [0.2, 0.25) is 0 Å². The molecule has 1 aliphatic carbocycles. The van der Waals surface area contributed by atoms with Crippen LogP contribution < -0.4 is 5.43 Å². The van der Waals surface area contributed by atoms with Gasteiger partial charge in [-0.2, -0.15) is 0 Å². The molecule has 0 saturated carbocycles. The molecule has 0 spiro atoms. The summed E-state index contributed by atoms with van der Waals surface area (Å²) in [7, 11) is 0. The minimum atomic E-state index is -1.27. The normalized spacial score (nSPS) is 10.9. The van der Waals surface area contributed by atoms with Gasteiger partial charge in [-0.05, 0) is 37.3 Å². The van der Waals surface area contributed by atoms with Gasteiger partial charge in [-0.25, -0.2) is 13.6 Å². The van der Waals surface area contributed by atoms with Gasteiger partial charge in [0.25, 0.3) is 0 Å². The van der Waals surface area contributed by atoms with Crippen molar-refractivity contribution in [2.75, 3.05) is 0 Å². The number of hydrogen-bond donors (Lipinski definition) is 1. The summed E-state index contributed by atoms with van der Waals surface area (Å²) in [5, 5.41) is 9.46. The van der Waals surface area contributed by atoms with Crippen molar-refractivity contribution in [1.29, 1.82) is 0 Å². The van der Waals surface area contributed by atoms with Crippen LogP contribution in [0.5, 0.6) is 0 Å². The van der Waals surface area contributed by atoms with Crippen LogP contribution in [0.3, 0.4) is 0 Å². The van der Waals surface area contributed by atoms with Crippen molar-refractivity contribution in [2.45, 2.75) is 6.92 Å². The number of benzene rings is 2. The van der Waals surface area contributed by atoms with E-state index in [0.29, 0.717) is 11.4 Å². The van der Waals surface area contributed by atoms with Crippen LogP contribution in [0.25, 0.3) is 16.8 Å². The third-order valence-electron chi connectivity index (χ3n) is 3.67. The monoisotopic (exact) mass is 315 g/mol. The fraction of sp³-hybridized carbons (Fsp3) is 0.0588. The van der Waals surface area contributed by atoms with Gasteiger partial charge < -0.3 is 9.67 Å². The van der Waals surface area contributed by atoms with E-state index in [9.17, 15) is 23.5 Å². The summed E-state index contributed by atoms with van der Waals surface area (Å²) in [6.45, 7) is 1.54. The highest BCUT2D eigenvalue weighted by atomic mass is 19.1. The fourth-order valence-corrected chi connectivity index (χ4v) is 2.61. The lowest BCUT2D eigenvalue weighted by Gasteiger charge is -2.19. The lowest BCUT2D eigenvalue weighted by molar-refractivity contribution is 0.0696. The Hall–Kier alpha value is -3.02. The largest absolute Gasteiger partial charge is 0.478 e. The Kier molecular flexibility index (Phi) is 3.44. The standard InChI is InChI=1S/C17H11F2NO3/c1-9-16(17(22)23)13-6-12(21)7-15(19)14(13)8-20(9)11-4-2-10(18)3-5-11/h2-8H,1H3,(H,22,23). The maximum absolute atomic E-state index is 14.1. The van der Waals surface area contributed by atoms with Crippen LogP contribution in [0, 0.1) is 18.6 Å². The van der Waals surface area contributed by atoms with E-state index >= 15 is 0 Å². The summed E-state index contributed by atoms with van der Waals surface area (Å²) in [4.78, 5) is 23.1. The Bertz CT molecular complexity index is 945.